The maximum atomic E-state index is 4.33. The zero-order valence-electron chi connectivity index (χ0n) is 13.4. The Morgan fingerprint density at radius 1 is 1.15 bits per heavy atom. The van der Waals surface area contributed by atoms with Crippen molar-refractivity contribution in [3.8, 4) is 0 Å². The number of benzene rings is 1. The molecule has 0 aliphatic carbocycles. The number of hydrogen-bond acceptors (Lipinski definition) is 2. The Labute approximate surface area is 122 Å². The van der Waals surface area contributed by atoms with Gasteiger partial charge in [0.1, 0.15) is 0 Å². The molecule has 0 saturated carbocycles. The fraction of sp³-hybridized carbons (Fsp3) is 0.588. The molecule has 2 aromatic rings. The van der Waals surface area contributed by atoms with Gasteiger partial charge in [-0.3, -0.25) is 4.68 Å². The van der Waals surface area contributed by atoms with Crippen LogP contribution in [0.15, 0.2) is 24.4 Å². The van der Waals surface area contributed by atoms with E-state index in [0.717, 1.165) is 19.0 Å². The van der Waals surface area contributed by atoms with E-state index in [2.05, 4.69) is 55.9 Å². The van der Waals surface area contributed by atoms with Gasteiger partial charge in [-0.2, -0.15) is 5.10 Å². The lowest BCUT2D eigenvalue weighted by Gasteiger charge is -2.27. The van der Waals surface area contributed by atoms with Crippen LogP contribution in [-0.4, -0.2) is 22.9 Å². The van der Waals surface area contributed by atoms with Crippen molar-refractivity contribution in [3.63, 3.8) is 0 Å². The molecule has 0 fully saturated rings. The van der Waals surface area contributed by atoms with Crippen LogP contribution in [0.25, 0.3) is 10.9 Å². The number of aryl methyl sites for hydroxylation is 1. The average molecular weight is 273 g/mol. The number of anilines is 1. The van der Waals surface area contributed by atoms with Crippen LogP contribution in [0, 0.1) is 11.8 Å². The lowest BCUT2D eigenvalue weighted by atomic mass is 10.1. The van der Waals surface area contributed by atoms with E-state index >= 15 is 0 Å². The number of fused-ring (bicyclic) bond motifs is 1. The van der Waals surface area contributed by atoms with Crippen molar-refractivity contribution in [1.29, 1.82) is 0 Å². The van der Waals surface area contributed by atoms with Crippen molar-refractivity contribution in [2.24, 2.45) is 18.9 Å². The highest BCUT2D eigenvalue weighted by molar-refractivity contribution is 5.82. The van der Waals surface area contributed by atoms with E-state index in [9.17, 15) is 0 Å². The van der Waals surface area contributed by atoms with Gasteiger partial charge in [0.15, 0.2) is 0 Å². The van der Waals surface area contributed by atoms with Crippen LogP contribution in [0.2, 0.25) is 0 Å². The van der Waals surface area contributed by atoms with Crippen LogP contribution in [0.4, 0.5) is 5.69 Å². The fourth-order valence-corrected chi connectivity index (χ4v) is 2.53. The summed E-state index contributed by atoms with van der Waals surface area (Å²) in [6.07, 6.45) is 3.19. The first-order valence-electron chi connectivity index (χ1n) is 7.64. The van der Waals surface area contributed by atoms with E-state index in [4.69, 9.17) is 0 Å². The smallest absolute Gasteiger partial charge is 0.0680 e. The molecule has 0 N–H and O–H groups in total. The maximum Gasteiger partial charge on any atom is 0.0680 e. The van der Waals surface area contributed by atoms with E-state index < -0.39 is 0 Å². The Morgan fingerprint density at radius 3 is 2.55 bits per heavy atom. The van der Waals surface area contributed by atoms with Crippen LogP contribution in [0.1, 0.15) is 34.1 Å². The monoisotopic (exact) mass is 273 g/mol. The minimum absolute atomic E-state index is 0.673. The van der Waals surface area contributed by atoms with Crippen molar-refractivity contribution in [2.45, 2.75) is 34.1 Å². The number of aromatic nitrogens is 2. The normalized spacial score (nSPS) is 11.8. The zero-order valence-corrected chi connectivity index (χ0v) is 13.4. The summed E-state index contributed by atoms with van der Waals surface area (Å²) in [4.78, 5) is 2.51. The van der Waals surface area contributed by atoms with Gasteiger partial charge < -0.3 is 4.90 Å². The largest absolute Gasteiger partial charge is 0.371 e. The Hall–Kier alpha value is -1.51. The molecule has 2 rings (SSSR count). The van der Waals surface area contributed by atoms with Crippen LogP contribution >= 0.6 is 0 Å². The van der Waals surface area contributed by atoms with Crippen LogP contribution in [-0.2, 0) is 7.05 Å². The zero-order chi connectivity index (χ0) is 14.7. The average Bonchev–Trinajstić information content (AvgIpc) is 2.75. The third-order valence-electron chi connectivity index (χ3n) is 3.66. The summed E-state index contributed by atoms with van der Waals surface area (Å²) in [5.41, 5.74) is 2.52. The second kappa shape index (κ2) is 6.29. The molecule has 0 spiro atoms. The summed E-state index contributed by atoms with van der Waals surface area (Å²) in [5.74, 6) is 1.42. The van der Waals surface area contributed by atoms with Gasteiger partial charge in [-0.1, -0.05) is 27.7 Å². The Morgan fingerprint density at radius 2 is 1.90 bits per heavy atom. The maximum absolute atomic E-state index is 4.33. The van der Waals surface area contributed by atoms with Gasteiger partial charge in [-0.15, -0.1) is 0 Å². The standard InChI is InChI=1S/C17H27N3/c1-13(2)8-9-20(12-14(3)4)16-6-7-17-15(10-16)11-18-19(17)5/h6-7,10-11,13-14H,8-9,12H2,1-5H3. The lowest BCUT2D eigenvalue weighted by molar-refractivity contribution is 0.541. The third-order valence-corrected chi connectivity index (χ3v) is 3.66. The van der Waals surface area contributed by atoms with Crippen molar-refractivity contribution in [3.05, 3.63) is 24.4 Å². The number of rotatable bonds is 6. The molecule has 1 aromatic heterocycles. The fourth-order valence-electron chi connectivity index (χ4n) is 2.53. The first-order valence-corrected chi connectivity index (χ1v) is 7.64. The van der Waals surface area contributed by atoms with Crippen LogP contribution in [0.5, 0.6) is 0 Å². The molecule has 0 unspecified atom stereocenters. The quantitative estimate of drug-likeness (QED) is 0.790. The highest BCUT2D eigenvalue weighted by Crippen LogP contribution is 2.23. The summed E-state index contributed by atoms with van der Waals surface area (Å²) in [7, 11) is 1.99. The second-order valence-electron chi connectivity index (χ2n) is 6.53. The molecule has 0 aliphatic heterocycles. The van der Waals surface area contributed by atoms with Gasteiger partial charge in [0, 0.05) is 31.2 Å². The number of hydrogen-bond donors (Lipinski definition) is 0. The van der Waals surface area contributed by atoms with Gasteiger partial charge in [0.25, 0.3) is 0 Å². The first-order chi connectivity index (χ1) is 9.47. The minimum Gasteiger partial charge on any atom is -0.371 e. The van der Waals surface area contributed by atoms with Gasteiger partial charge >= 0.3 is 0 Å². The molecule has 3 heteroatoms. The molecule has 3 nitrogen and oxygen atoms in total. The molecular formula is C17H27N3. The third kappa shape index (κ3) is 3.53. The first kappa shape index (κ1) is 14.9. The lowest BCUT2D eigenvalue weighted by Crippen LogP contribution is -2.29. The van der Waals surface area contributed by atoms with Crippen molar-refractivity contribution < 1.29 is 0 Å². The second-order valence-corrected chi connectivity index (χ2v) is 6.53. The van der Waals surface area contributed by atoms with E-state index in [-0.39, 0.29) is 0 Å². The molecular weight excluding hydrogens is 246 g/mol. The van der Waals surface area contributed by atoms with Gasteiger partial charge in [-0.25, -0.2) is 0 Å². The number of nitrogens with zero attached hydrogens (tertiary/aromatic N) is 3. The van der Waals surface area contributed by atoms with Crippen LogP contribution in [0.3, 0.4) is 0 Å². The van der Waals surface area contributed by atoms with Crippen molar-refractivity contribution >= 4 is 16.6 Å². The minimum atomic E-state index is 0.673. The van der Waals surface area contributed by atoms with E-state index in [1.165, 1.54) is 23.0 Å². The molecule has 0 bridgehead atoms. The SMILES string of the molecule is CC(C)CCN(CC(C)C)c1ccc2c(cnn2C)c1. The van der Waals surface area contributed by atoms with Crippen molar-refractivity contribution in [1.82, 2.24) is 9.78 Å². The Balaban J connectivity index is 2.24. The van der Waals surface area contributed by atoms with E-state index in [1.807, 2.05) is 17.9 Å². The molecule has 0 aliphatic rings. The highest BCUT2D eigenvalue weighted by Gasteiger charge is 2.11. The predicted molar refractivity (Wildman–Crippen MR) is 87.2 cm³/mol. The molecule has 110 valence electrons. The van der Waals surface area contributed by atoms with Gasteiger partial charge in [0.2, 0.25) is 0 Å². The van der Waals surface area contributed by atoms with Gasteiger partial charge in [-0.05, 0) is 36.5 Å². The van der Waals surface area contributed by atoms with Gasteiger partial charge in [0.05, 0.1) is 11.7 Å². The Kier molecular flexibility index (Phi) is 4.69. The molecule has 0 radical (unpaired) electrons. The van der Waals surface area contributed by atoms with Crippen molar-refractivity contribution in [2.75, 3.05) is 18.0 Å². The molecule has 0 amide bonds. The molecule has 1 heterocycles. The summed E-state index contributed by atoms with van der Waals surface area (Å²) in [6.45, 7) is 11.4. The molecule has 0 saturated heterocycles. The topological polar surface area (TPSA) is 21.1 Å². The van der Waals surface area contributed by atoms with E-state index in [0.29, 0.717) is 5.92 Å². The summed E-state index contributed by atoms with van der Waals surface area (Å²) < 4.78 is 1.93. The van der Waals surface area contributed by atoms with Crippen LogP contribution < -0.4 is 4.90 Å². The molecule has 20 heavy (non-hydrogen) atoms. The molecule has 1 aromatic carbocycles. The highest BCUT2D eigenvalue weighted by atomic mass is 15.2. The summed E-state index contributed by atoms with van der Waals surface area (Å²) in [6, 6.07) is 6.68. The predicted octanol–water partition coefficient (Wildman–Crippen LogP) is 4.08. The summed E-state index contributed by atoms with van der Waals surface area (Å²) >= 11 is 0. The Bertz CT molecular complexity index is 554. The molecule has 0 atom stereocenters. The summed E-state index contributed by atoms with van der Waals surface area (Å²) in [5, 5.41) is 5.55. The van der Waals surface area contributed by atoms with E-state index in [1.54, 1.807) is 0 Å².